The zero-order valence-corrected chi connectivity index (χ0v) is 15.7. The Morgan fingerprint density at radius 3 is 2.74 bits per heavy atom. The second-order valence-electron chi connectivity index (χ2n) is 6.20. The van der Waals surface area contributed by atoms with E-state index in [2.05, 4.69) is 4.98 Å². The Kier molecular flexibility index (Phi) is 4.68. The number of aliphatic hydroxyl groups excluding tert-OH is 1. The molecule has 1 aromatic heterocycles. The summed E-state index contributed by atoms with van der Waals surface area (Å²) in [6, 6.07) is 13.6. The van der Waals surface area contributed by atoms with E-state index in [1.54, 1.807) is 29.2 Å². The van der Waals surface area contributed by atoms with Gasteiger partial charge < -0.3 is 10.0 Å². The van der Waals surface area contributed by atoms with Crippen LogP contribution < -0.4 is 0 Å². The summed E-state index contributed by atoms with van der Waals surface area (Å²) in [5.74, 6) is -0.0228. The summed E-state index contributed by atoms with van der Waals surface area (Å²) < 4.78 is 13.4. The van der Waals surface area contributed by atoms with Gasteiger partial charge in [0.1, 0.15) is 22.4 Å². The molecule has 3 aromatic rings. The third kappa shape index (κ3) is 3.59. The van der Waals surface area contributed by atoms with Gasteiger partial charge in [0.05, 0.1) is 17.8 Å². The lowest BCUT2D eigenvalue weighted by Crippen LogP contribution is -2.26. The molecule has 0 fully saturated rings. The Labute approximate surface area is 164 Å². The number of hydrogen-bond donors (Lipinski definition) is 2. The van der Waals surface area contributed by atoms with Crippen molar-refractivity contribution in [3.05, 3.63) is 81.1 Å². The first-order valence-corrected chi connectivity index (χ1v) is 9.49. The molecule has 7 heteroatoms. The lowest BCUT2D eigenvalue weighted by atomic mass is 10.2. The standard InChI is InChI=1S/C20H15ClFN3OS/c21-14-6-4-13(5-7-14)16-11-27-20(24-16)18-17(26)10-25(19(18)23)9-12-2-1-3-15(22)8-12/h1-8,11,23,26H,9-10H2. The highest BCUT2D eigenvalue weighted by molar-refractivity contribution is 7.11. The van der Waals surface area contributed by atoms with Gasteiger partial charge in [-0.2, -0.15) is 0 Å². The van der Waals surface area contributed by atoms with Gasteiger partial charge in [0.25, 0.3) is 0 Å². The Hall–Kier alpha value is -2.70. The third-order valence-corrected chi connectivity index (χ3v) is 5.41. The lowest BCUT2D eigenvalue weighted by Gasteiger charge is -2.18. The van der Waals surface area contributed by atoms with Gasteiger partial charge >= 0.3 is 0 Å². The number of rotatable bonds is 4. The fraction of sp³-hybridized carbons (Fsp3) is 0.100. The molecule has 2 heterocycles. The van der Waals surface area contributed by atoms with Crippen LogP contribution >= 0.6 is 22.9 Å². The number of halogens is 2. The van der Waals surface area contributed by atoms with Crippen LogP contribution in [0.4, 0.5) is 4.39 Å². The zero-order valence-electron chi connectivity index (χ0n) is 14.1. The molecule has 27 heavy (non-hydrogen) atoms. The number of aliphatic hydroxyl groups is 1. The second kappa shape index (κ2) is 7.13. The van der Waals surface area contributed by atoms with Crippen molar-refractivity contribution < 1.29 is 9.50 Å². The molecular formula is C20H15ClFN3OS. The number of thiazole rings is 1. The van der Waals surface area contributed by atoms with Crippen molar-refractivity contribution in [2.24, 2.45) is 0 Å². The smallest absolute Gasteiger partial charge is 0.135 e. The van der Waals surface area contributed by atoms with E-state index in [0.29, 0.717) is 22.1 Å². The maximum Gasteiger partial charge on any atom is 0.135 e. The Morgan fingerprint density at radius 1 is 1.22 bits per heavy atom. The summed E-state index contributed by atoms with van der Waals surface area (Å²) >= 11 is 7.30. The molecule has 136 valence electrons. The minimum Gasteiger partial charge on any atom is -0.510 e. The van der Waals surface area contributed by atoms with Crippen LogP contribution in [0.15, 0.2) is 59.7 Å². The number of nitrogens with one attached hydrogen (secondary N) is 1. The fourth-order valence-corrected chi connectivity index (χ4v) is 4.01. The summed E-state index contributed by atoms with van der Waals surface area (Å²) in [5, 5.41) is 22.0. The number of hydrogen-bond acceptors (Lipinski definition) is 4. The van der Waals surface area contributed by atoms with Crippen LogP contribution in [-0.2, 0) is 6.54 Å². The number of amidine groups is 1. The fourth-order valence-electron chi connectivity index (χ4n) is 2.99. The van der Waals surface area contributed by atoms with Crippen LogP contribution in [0, 0.1) is 11.2 Å². The Morgan fingerprint density at radius 2 is 2.00 bits per heavy atom. The minimum atomic E-state index is -0.317. The van der Waals surface area contributed by atoms with Gasteiger partial charge in [0.15, 0.2) is 0 Å². The minimum absolute atomic E-state index is 0.105. The molecule has 0 radical (unpaired) electrons. The first-order valence-electron chi connectivity index (χ1n) is 8.23. The Bertz CT molecular complexity index is 1050. The van der Waals surface area contributed by atoms with Crippen LogP contribution in [0.5, 0.6) is 0 Å². The molecule has 0 atom stereocenters. The predicted octanol–water partition coefficient (Wildman–Crippen LogP) is 5.36. The van der Waals surface area contributed by atoms with E-state index in [0.717, 1.165) is 16.8 Å². The van der Waals surface area contributed by atoms with E-state index in [4.69, 9.17) is 17.0 Å². The first kappa shape index (κ1) is 17.7. The number of nitrogens with zero attached hydrogens (tertiary/aromatic N) is 2. The highest BCUT2D eigenvalue weighted by Crippen LogP contribution is 2.33. The van der Waals surface area contributed by atoms with Gasteiger partial charge in [-0.3, -0.25) is 5.41 Å². The second-order valence-corrected chi connectivity index (χ2v) is 7.50. The summed E-state index contributed by atoms with van der Waals surface area (Å²) in [4.78, 5) is 6.28. The van der Waals surface area contributed by atoms with Crippen molar-refractivity contribution >= 4 is 34.3 Å². The van der Waals surface area contributed by atoms with Crippen molar-refractivity contribution in [2.45, 2.75) is 6.54 Å². The summed E-state index contributed by atoms with van der Waals surface area (Å²) in [5.41, 5.74) is 2.86. The maximum atomic E-state index is 13.4. The van der Waals surface area contributed by atoms with E-state index in [9.17, 15) is 9.50 Å². The topological polar surface area (TPSA) is 60.2 Å². The molecule has 0 saturated carbocycles. The van der Waals surface area contributed by atoms with Crippen LogP contribution in [0.25, 0.3) is 16.8 Å². The van der Waals surface area contributed by atoms with Crippen molar-refractivity contribution in [3.8, 4) is 11.3 Å². The average molecular weight is 400 g/mol. The predicted molar refractivity (Wildman–Crippen MR) is 107 cm³/mol. The highest BCUT2D eigenvalue weighted by Gasteiger charge is 2.30. The van der Waals surface area contributed by atoms with Crippen LogP contribution in [0.2, 0.25) is 5.02 Å². The molecule has 2 N–H and O–H groups in total. The van der Waals surface area contributed by atoms with Crippen molar-refractivity contribution in [3.63, 3.8) is 0 Å². The molecule has 0 saturated heterocycles. The zero-order chi connectivity index (χ0) is 19.0. The molecular weight excluding hydrogens is 385 g/mol. The van der Waals surface area contributed by atoms with Crippen molar-refractivity contribution in [1.82, 2.24) is 9.88 Å². The first-order chi connectivity index (χ1) is 13.0. The van der Waals surface area contributed by atoms with E-state index in [1.807, 2.05) is 17.5 Å². The van der Waals surface area contributed by atoms with E-state index < -0.39 is 0 Å². The quantitative estimate of drug-likeness (QED) is 0.620. The number of benzene rings is 2. The monoisotopic (exact) mass is 399 g/mol. The van der Waals surface area contributed by atoms with Crippen LogP contribution in [-0.4, -0.2) is 27.4 Å². The van der Waals surface area contributed by atoms with Crippen LogP contribution in [0.1, 0.15) is 10.6 Å². The molecule has 1 aliphatic rings. The Balaban J connectivity index is 1.56. The molecule has 2 aromatic carbocycles. The van der Waals surface area contributed by atoms with E-state index in [1.165, 1.54) is 23.5 Å². The highest BCUT2D eigenvalue weighted by atomic mass is 35.5. The SMILES string of the molecule is N=C1C(c2nc(-c3ccc(Cl)cc3)cs2)=C(O)CN1Cc1cccc(F)c1. The maximum absolute atomic E-state index is 13.4. The molecule has 0 unspecified atom stereocenters. The van der Waals surface area contributed by atoms with Crippen molar-refractivity contribution in [2.75, 3.05) is 6.54 Å². The molecule has 0 bridgehead atoms. The van der Waals surface area contributed by atoms with Crippen LogP contribution in [0.3, 0.4) is 0 Å². The van der Waals surface area contributed by atoms with Crippen molar-refractivity contribution in [1.29, 1.82) is 5.41 Å². The molecule has 0 spiro atoms. The average Bonchev–Trinajstić information content (AvgIpc) is 3.21. The van der Waals surface area contributed by atoms with Gasteiger partial charge in [-0.25, -0.2) is 9.37 Å². The largest absolute Gasteiger partial charge is 0.510 e. The number of aromatic nitrogens is 1. The lowest BCUT2D eigenvalue weighted by molar-refractivity contribution is 0.346. The van der Waals surface area contributed by atoms with Gasteiger partial charge in [-0.05, 0) is 29.8 Å². The molecule has 0 aliphatic carbocycles. The van der Waals surface area contributed by atoms with E-state index in [-0.39, 0.29) is 24.0 Å². The summed E-state index contributed by atoms with van der Waals surface area (Å²) in [7, 11) is 0. The van der Waals surface area contributed by atoms with Gasteiger partial charge in [-0.1, -0.05) is 35.9 Å². The van der Waals surface area contributed by atoms with Gasteiger partial charge in [0.2, 0.25) is 0 Å². The van der Waals surface area contributed by atoms with E-state index >= 15 is 0 Å². The third-order valence-electron chi connectivity index (χ3n) is 4.30. The molecule has 4 nitrogen and oxygen atoms in total. The molecule has 4 rings (SSSR count). The summed E-state index contributed by atoms with van der Waals surface area (Å²) in [6.07, 6.45) is 0. The van der Waals surface area contributed by atoms with Gasteiger partial charge in [-0.15, -0.1) is 11.3 Å². The van der Waals surface area contributed by atoms with Gasteiger partial charge in [0, 0.05) is 22.5 Å². The molecule has 0 amide bonds. The normalized spacial score (nSPS) is 14.3. The molecule has 1 aliphatic heterocycles. The summed E-state index contributed by atoms with van der Waals surface area (Å²) in [6.45, 7) is 0.556.